The van der Waals surface area contributed by atoms with E-state index in [1.807, 2.05) is 30.5 Å². The van der Waals surface area contributed by atoms with E-state index >= 15 is 0 Å². The molecule has 0 saturated heterocycles. The van der Waals surface area contributed by atoms with Gasteiger partial charge in [-0.25, -0.2) is 4.98 Å². The SMILES string of the molecule is Cc1ccc(NCc2nccs2)c(C#N)c1. The third kappa shape index (κ3) is 2.38. The highest BCUT2D eigenvalue weighted by molar-refractivity contribution is 7.09. The lowest BCUT2D eigenvalue weighted by Crippen LogP contribution is -2.00. The molecule has 3 nitrogen and oxygen atoms in total. The number of hydrogen-bond acceptors (Lipinski definition) is 4. The van der Waals surface area contributed by atoms with E-state index in [-0.39, 0.29) is 0 Å². The van der Waals surface area contributed by atoms with E-state index in [0.29, 0.717) is 12.1 Å². The largest absolute Gasteiger partial charge is 0.377 e. The molecule has 0 amide bonds. The van der Waals surface area contributed by atoms with Gasteiger partial charge in [0.25, 0.3) is 0 Å². The van der Waals surface area contributed by atoms with Crippen LogP contribution in [0.1, 0.15) is 16.1 Å². The first kappa shape index (κ1) is 10.7. The molecule has 2 rings (SSSR count). The fourth-order valence-corrected chi connectivity index (χ4v) is 1.97. The molecule has 1 N–H and O–H groups in total. The molecule has 0 fully saturated rings. The predicted molar refractivity (Wildman–Crippen MR) is 65.3 cm³/mol. The highest BCUT2D eigenvalue weighted by Crippen LogP contribution is 2.17. The van der Waals surface area contributed by atoms with Crippen molar-refractivity contribution in [1.82, 2.24) is 4.98 Å². The first-order valence-corrected chi connectivity index (χ1v) is 5.80. The zero-order valence-corrected chi connectivity index (χ0v) is 9.71. The molecule has 1 heterocycles. The quantitative estimate of drug-likeness (QED) is 0.880. The van der Waals surface area contributed by atoms with Crippen molar-refractivity contribution < 1.29 is 0 Å². The van der Waals surface area contributed by atoms with Crippen molar-refractivity contribution in [2.24, 2.45) is 0 Å². The van der Waals surface area contributed by atoms with Gasteiger partial charge in [-0.3, -0.25) is 0 Å². The minimum absolute atomic E-state index is 0.662. The maximum atomic E-state index is 9.00. The van der Waals surface area contributed by atoms with Crippen LogP contribution in [-0.2, 0) is 6.54 Å². The van der Waals surface area contributed by atoms with Crippen LogP contribution in [-0.4, -0.2) is 4.98 Å². The number of nitrogens with zero attached hydrogens (tertiary/aromatic N) is 2. The predicted octanol–water partition coefficient (Wildman–Crippen LogP) is 2.94. The number of aryl methyl sites for hydroxylation is 1. The summed E-state index contributed by atoms with van der Waals surface area (Å²) in [5.74, 6) is 0. The minimum atomic E-state index is 0.662. The normalized spacial score (nSPS) is 9.75. The van der Waals surface area contributed by atoms with Crippen LogP contribution in [0.2, 0.25) is 0 Å². The van der Waals surface area contributed by atoms with E-state index in [1.165, 1.54) is 0 Å². The number of thiazole rings is 1. The Morgan fingerprint density at radius 2 is 2.38 bits per heavy atom. The summed E-state index contributed by atoms with van der Waals surface area (Å²) in [6.45, 7) is 2.64. The molecule has 16 heavy (non-hydrogen) atoms. The van der Waals surface area contributed by atoms with Crippen LogP contribution in [0.3, 0.4) is 0 Å². The van der Waals surface area contributed by atoms with Gasteiger partial charge in [-0.2, -0.15) is 5.26 Å². The molecular formula is C12H11N3S. The lowest BCUT2D eigenvalue weighted by molar-refractivity contribution is 1.10. The van der Waals surface area contributed by atoms with Crippen molar-refractivity contribution in [3.63, 3.8) is 0 Å². The molecule has 0 saturated carbocycles. The fraction of sp³-hybridized carbons (Fsp3) is 0.167. The van der Waals surface area contributed by atoms with E-state index in [2.05, 4.69) is 16.4 Å². The summed E-state index contributed by atoms with van der Waals surface area (Å²) in [6, 6.07) is 7.99. The van der Waals surface area contributed by atoms with Gasteiger partial charge >= 0.3 is 0 Å². The summed E-state index contributed by atoms with van der Waals surface area (Å²) in [5.41, 5.74) is 2.64. The average Bonchev–Trinajstić information content (AvgIpc) is 2.80. The van der Waals surface area contributed by atoms with Gasteiger partial charge in [0, 0.05) is 11.6 Å². The second-order valence-corrected chi connectivity index (χ2v) is 4.42. The van der Waals surface area contributed by atoms with Gasteiger partial charge < -0.3 is 5.32 Å². The molecule has 0 aliphatic heterocycles. The van der Waals surface area contributed by atoms with Crippen LogP contribution >= 0.6 is 11.3 Å². The van der Waals surface area contributed by atoms with Crippen LogP contribution in [0.25, 0.3) is 0 Å². The summed E-state index contributed by atoms with van der Waals surface area (Å²) in [4.78, 5) is 4.18. The van der Waals surface area contributed by atoms with Crippen molar-refractivity contribution in [3.05, 3.63) is 45.9 Å². The molecular weight excluding hydrogens is 218 g/mol. The van der Waals surface area contributed by atoms with E-state index in [0.717, 1.165) is 16.3 Å². The van der Waals surface area contributed by atoms with Gasteiger partial charge in [-0.15, -0.1) is 11.3 Å². The summed E-state index contributed by atoms with van der Waals surface area (Å²) in [6.07, 6.45) is 1.78. The number of aromatic nitrogens is 1. The van der Waals surface area contributed by atoms with E-state index in [9.17, 15) is 0 Å². The van der Waals surface area contributed by atoms with Gasteiger partial charge in [0.1, 0.15) is 11.1 Å². The van der Waals surface area contributed by atoms with Crippen molar-refractivity contribution in [2.45, 2.75) is 13.5 Å². The highest BCUT2D eigenvalue weighted by atomic mass is 32.1. The molecule has 0 bridgehead atoms. The van der Waals surface area contributed by atoms with E-state index in [4.69, 9.17) is 5.26 Å². The molecule has 1 aromatic carbocycles. The number of nitriles is 1. The Labute approximate surface area is 98.4 Å². The molecule has 4 heteroatoms. The summed E-state index contributed by atoms with van der Waals surface area (Å²) < 4.78 is 0. The van der Waals surface area contributed by atoms with Crippen molar-refractivity contribution in [1.29, 1.82) is 5.26 Å². The monoisotopic (exact) mass is 229 g/mol. The third-order valence-corrected chi connectivity index (χ3v) is 2.99. The van der Waals surface area contributed by atoms with Gasteiger partial charge in [0.15, 0.2) is 0 Å². The Morgan fingerprint density at radius 1 is 1.50 bits per heavy atom. The van der Waals surface area contributed by atoms with Crippen LogP contribution in [0.15, 0.2) is 29.8 Å². The molecule has 0 aliphatic rings. The highest BCUT2D eigenvalue weighted by Gasteiger charge is 2.02. The van der Waals surface area contributed by atoms with Crippen LogP contribution in [0, 0.1) is 18.3 Å². The standard InChI is InChI=1S/C12H11N3S/c1-9-2-3-11(10(6-9)7-13)15-8-12-14-4-5-16-12/h2-6,15H,8H2,1H3. The zero-order chi connectivity index (χ0) is 11.4. The topological polar surface area (TPSA) is 48.7 Å². The van der Waals surface area contributed by atoms with Gasteiger partial charge in [-0.1, -0.05) is 6.07 Å². The molecule has 0 spiro atoms. The molecule has 0 unspecified atom stereocenters. The number of anilines is 1. The van der Waals surface area contributed by atoms with Gasteiger partial charge in [-0.05, 0) is 24.6 Å². The maximum absolute atomic E-state index is 9.00. The third-order valence-electron chi connectivity index (χ3n) is 2.21. The Morgan fingerprint density at radius 3 is 3.06 bits per heavy atom. The summed E-state index contributed by atoms with van der Waals surface area (Å²) >= 11 is 1.60. The van der Waals surface area contributed by atoms with E-state index < -0.39 is 0 Å². The van der Waals surface area contributed by atoms with Crippen molar-refractivity contribution >= 4 is 17.0 Å². The number of benzene rings is 1. The molecule has 80 valence electrons. The molecule has 0 radical (unpaired) electrons. The van der Waals surface area contributed by atoms with Gasteiger partial charge in [0.2, 0.25) is 0 Å². The molecule has 0 atom stereocenters. The first-order chi connectivity index (χ1) is 7.79. The Balaban J connectivity index is 2.13. The molecule has 2 aromatic rings. The Bertz CT molecular complexity index is 512. The minimum Gasteiger partial charge on any atom is -0.377 e. The van der Waals surface area contributed by atoms with Gasteiger partial charge in [0.05, 0.1) is 17.8 Å². The number of nitrogens with one attached hydrogen (secondary N) is 1. The zero-order valence-electron chi connectivity index (χ0n) is 8.90. The summed E-state index contributed by atoms with van der Waals surface area (Å²) in [7, 11) is 0. The number of rotatable bonds is 3. The average molecular weight is 229 g/mol. The Kier molecular flexibility index (Phi) is 3.18. The van der Waals surface area contributed by atoms with Crippen LogP contribution in [0.4, 0.5) is 5.69 Å². The number of hydrogen-bond donors (Lipinski definition) is 1. The smallest absolute Gasteiger partial charge is 0.112 e. The summed E-state index contributed by atoms with van der Waals surface area (Å²) in [5, 5.41) is 15.2. The van der Waals surface area contributed by atoms with Crippen LogP contribution in [0.5, 0.6) is 0 Å². The fourth-order valence-electron chi connectivity index (χ4n) is 1.42. The molecule has 1 aromatic heterocycles. The lowest BCUT2D eigenvalue weighted by Gasteiger charge is -2.06. The first-order valence-electron chi connectivity index (χ1n) is 4.92. The second-order valence-electron chi connectivity index (χ2n) is 3.44. The maximum Gasteiger partial charge on any atom is 0.112 e. The van der Waals surface area contributed by atoms with Crippen molar-refractivity contribution in [3.8, 4) is 6.07 Å². The van der Waals surface area contributed by atoms with Crippen LogP contribution < -0.4 is 5.32 Å². The Hall–Kier alpha value is -1.86. The van der Waals surface area contributed by atoms with Crippen molar-refractivity contribution in [2.75, 3.05) is 5.32 Å². The molecule has 0 aliphatic carbocycles. The second kappa shape index (κ2) is 4.77. The lowest BCUT2D eigenvalue weighted by atomic mass is 10.1. The van der Waals surface area contributed by atoms with E-state index in [1.54, 1.807) is 17.5 Å².